The summed E-state index contributed by atoms with van der Waals surface area (Å²) in [4.78, 5) is 4.80. The van der Waals surface area contributed by atoms with Crippen molar-refractivity contribution in [2.24, 2.45) is 4.99 Å². The molecule has 122 valence electrons. The van der Waals surface area contributed by atoms with E-state index in [0.29, 0.717) is 0 Å². The van der Waals surface area contributed by atoms with E-state index in [1.807, 2.05) is 54.6 Å². The highest BCUT2D eigenvalue weighted by molar-refractivity contribution is 9.10. The van der Waals surface area contributed by atoms with E-state index in [2.05, 4.69) is 57.2 Å². The van der Waals surface area contributed by atoms with E-state index in [1.54, 1.807) is 0 Å². The maximum absolute atomic E-state index is 4.80. The Balaban J connectivity index is 1.81. The Morgan fingerprint density at radius 2 is 1.76 bits per heavy atom. The first-order valence-electron chi connectivity index (χ1n) is 7.97. The molecule has 0 saturated carbocycles. The van der Waals surface area contributed by atoms with E-state index in [-0.39, 0.29) is 0 Å². The lowest BCUT2D eigenvalue weighted by molar-refractivity contribution is 0.914. The molecule has 3 aromatic carbocycles. The highest BCUT2D eigenvalue weighted by atomic mass is 79.9. The van der Waals surface area contributed by atoms with Crippen molar-refractivity contribution in [3.8, 4) is 0 Å². The summed E-state index contributed by atoms with van der Waals surface area (Å²) in [7, 11) is 0. The van der Waals surface area contributed by atoms with E-state index in [4.69, 9.17) is 4.99 Å². The first-order valence-corrected chi connectivity index (χ1v) is 8.77. The normalized spacial score (nSPS) is 12.8. The topological polar surface area (TPSA) is 27.6 Å². The molecular formula is C21H16BrN3. The number of benzene rings is 3. The number of nitrogens with zero attached hydrogens (tertiary/aromatic N) is 2. The molecule has 0 spiro atoms. The molecule has 1 aliphatic rings. The van der Waals surface area contributed by atoms with Crippen LogP contribution in [0.1, 0.15) is 11.1 Å². The van der Waals surface area contributed by atoms with Crippen molar-refractivity contribution in [1.29, 1.82) is 0 Å². The van der Waals surface area contributed by atoms with Crippen molar-refractivity contribution in [3.05, 3.63) is 95.0 Å². The molecule has 1 aliphatic heterocycles. The van der Waals surface area contributed by atoms with E-state index < -0.39 is 0 Å². The average Bonchev–Trinajstić information content (AvgIpc) is 2.68. The molecule has 0 bridgehead atoms. The van der Waals surface area contributed by atoms with Crippen LogP contribution >= 0.6 is 15.9 Å². The zero-order valence-corrected chi connectivity index (χ0v) is 15.1. The van der Waals surface area contributed by atoms with Gasteiger partial charge in [0.25, 0.3) is 0 Å². The molecule has 0 fully saturated rings. The molecule has 25 heavy (non-hydrogen) atoms. The van der Waals surface area contributed by atoms with Gasteiger partial charge in [0.15, 0.2) is 5.84 Å². The van der Waals surface area contributed by atoms with Crippen molar-refractivity contribution >= 4 is 44.9 Å². The Hall–Kier alpha value is -2.85. The van der Waals surface area contributed by atoms with Crippen LogP contribution in [0, 0.1) is 0 Å². The van der Waals surface area contributed by atoms with Crippen LogP contribution in [0.5, 0.6) is 0 Å². The van der Waals surface area contributed by atoms with Crippen LogP contribution in [-0.2, 0) is 0 Å². The van der Waals surface area contributed by atoms with E-state index in [9.17, 15) is 0 Å². The Labute approximate surface area is 155 Å². The van der Waals surface area contributed by atoms with E-state index in [1.165, 1.54) is 0 Å². The number of amidine groups is 1. The molecule has 3 nitrogen and oxygen atoms in total. The molecule has 4 rings (SSSR count). The fraction of sp³-hybridized carbons (Fsp3) is 0. The molecule has 3 aromatic rings. The summed E-state index contributed by atoms with van der Waals surface area (Å²) in [5.74, 6) is 0.810. The molecule has 0 aromatic heterocycles. The minimum Gasteiger partial charge on any atom is -0.276 e. The predicted octanol–water partition coefficient (Wildman–Crippen LogP) is 5.83. The van der Waals surface area contributed by atoms with Crippen LogP contribution in [0.2, 0.25) is 0 Å². The lowest BCUT2D eigenvalue weighted by Crippen LogP contribution is -2.41. The minimum atomic E-state index is 0.810. The molecule has 1 heterocycles. The molecule has 0 radical (unpaired) electrons. The largest absolute Gasteiger partial charge is 0.276 e. The third-order valence-electron chi connectivity index (χ3n) is 4.05. The number of hydrogen-bond donors (Lipinski definition) is 1. The van der Waals surface area contributed by atoms with Gasteiger partial charge in [-0.15, -0.1) is 0 Å². The van der Waals surface area contributed by atoms with Crippen LogP contribution in [0.25, 0.3) is 6.08 Å². The summed E-state index contributed by atoms with van der Waals surface area (Å²) in [6.07, 6.45) is 1.84. The molecule has 0 unspecified atom stereocenters. The third-order valence-corrected chi connectivity index (χ3v) is 4.58. The quantitative estimate of drug-likeness (QED) is 0.610. The number of hydrogen-bond acceptors (Lipinski definition) is 3. The first-order chi connectivity index (χ1) is 12.2. The maximum Gasteiger partial charge on any atom is 0.153 e. The number of rotatable bonds is 3. The highest BCUT2D eigenvalue weighted by Crippen LogP contribution is 2.36. The summed E-state index contributed by atoms with van der Waals surface area (Å²) in [5.41, 5.74) is 8.53. The Morgan fingerprint density at radius 1 is 0.960 bits per heavy atom. The van der Waals surface area contributed by atoms with Gasteiger partial charge in [-0.2, -0.15) is 0 Å². The van der Waals surface area contributed by atoms with Crippen molar-refractivity contribution in [3.63, 3.8) is 0 Å². The number of fused-ring (bicyclic) bond motifs is 1. The maximum atomic E-state index is 4.80. The Morgan fingerprint density at radius 3 is 2.56 bits per heavy atom. The molecule has 4 heteroatoms. The van der Waals surface area contributed by atoms with Crippen LogP contribution in [0.4, 0.5) is 17.1 Å². The second-order valence-corrected chi connectivity index (χ2v) is 6.62. The molecule has 0 saturated heterocycles. The molecule has 0 atom stereocenters. The van der Waals surface area contributed by atoms with Crippen molar-refractivity contribution in [2.75, 3.05) is 5.01 Å². The highest BCUT2D eigenvalue weighted by Gasteiger charge is 2.21. The van der Waals surface area contributed by atoms with Crippen molar-refractivity contribution < 1.29 is 0 Å². The van der Waals surface area contributed by atoms with E-state index in [0.717, 1.165) is 38.5 Å². The number of para-hydroxylation sites is 2. The summed E-state index contributed by atoms with van der Waals surface area (Å²) >= 11 is 3.49. The summed E-state index contributed by atoms with van der Waals surface area (Å²) in [6, 6.07) is 24.5. The van der Waals surface area contributed by atoms with E-state index >= 15 is 0 Å². The zero-order valence-electron chi connectivity index (χ0n) is 13.5. The number of anilines is 2. The van der Waals surface area contributed by atoms with Gasteiger partial charge in [-0.3, -0.25) is 10.4 Å². The van der Waals surface area contributed by atoms with Crippen LogP contribution in [0.3, 0.4) is 0 Å². The number of aliphatic imine (C=N–C) groups is 1. The lowest BCUT2D eigenvalue weighted by atomic mass is 10.1. The number of hydrazine groups is 1. The van der Waals surface area contributed by atoms with Crippen molar-refractivity contribution in [2.45, 2.75) is 0 Å². The fourth-order valence-corrected chi connectivity index (χ4v) is 3.06. The number of halogens is 1. The van der Waals surface area contributed by atoms with Crippen LogP contribution in [0.15, 0.2) is 88.8 Å². The smallest absolute Gasteiger partial charge is 0.153 e. The van der Waals surface area contributed by atoms with Gasteiger partial charge in [-0.25, -0.2) is 4.99 Å². The first kappa shape index (κ1) is 15.7. The molecule has 0 amide bonds. The summed E-state index contributed by atoms with van der Waals surface area (Å²) in [5, 5.41) is 2.06. The van der Waals surface area contributed by atoms with Gasteiger partial charge in [0.1, 0.15) is 0 Å². The van der Waals surface area contributed by atoms with Gasteiger partial charge in [0.2, 0.25) is 0 Å². The summed E-state index contributed by atoms with van der Waals surface area (Å²) in [6.45, 7) is 3.85. The second kappa shape index (κ2) is 6.57. The molecule has 1 N–H and O–H groups in total. The SMILES string of the molecule is C=Cc1cccc(C2=Nc3ccccc3N(c3ccc(Br)cc3)N2)c1. The third kappa shape index (κ3) is 3.08. The second-order valence-electron chi connectivity index (χ2n) is 5.70. The number of nitrogens with one attached hydrogen (secondary N) is 1. The van der Waals surface area contributed by atoms with Gasteiger partial charge >= 0.3 is 0 Å². The van der Waals surface area contributed by atoms with Gasteiger partial charge in [-0.1, -0.05) is 58.9 Å². The zero-order chi connectivity index (χ0) is 17.2. The van der Waals surface area contributed by atoms with Crippen molar-refractivity contribution in [1.82, 2.24) is 5.43 Å². The summed E-state index contributed by atoms with van der Waals surface area (Å²) < 4.78 is 1.05. The fourth-order valence-electron chi connectivity index (χ4n) is 2.80. The lowest BCUT2D eigenvalue weighted by Gasteiger charge is -2.32. The average molecular weight is 390 g/mol. The van der Waals surface area contributed by atoms with Crippen LogP contribution < -0.4 is 10.4 Å². The standard InChI is InChI=1S/C21H16BrN3/c1-2-15-6-5-7-16(14-15)21-23-19-8-3-4-9-20(19)25(24-21)18-12-10-17(22)11-13-18/h2-14H,1H2,(H,23,24). The minimum absolute atomic E-state index is 0.810. The molecule has 0 aliphatic carbocycles. The Kier molecular flexibility index (Phi) is 4.12. The predicted molar refractivity (Wildman–Crippen MR) is 109 cm³/mol. The van der Waals surface area contributed by atoms with Crippen LogP contribution in [-0.4, -0.2) is 5.84 Å². The van der Waals surface area contributed by atoms with Gasteiger partial charge in [0, 0.05) is 10.0 Å². The van der Waals surface area contributed by atoms with Gasteiger partial charge in [0.05, 0.1) is 17.1 Å². The molecular weight excluding hydrogens is 374 g/mol. The monoisotopic (exact) mass is 389 g/mol. The van der Waals surface area contributed by atoms with Gasteiger partial charge in [-0.05, 0) is 48.0 Å². The van der Waals surface area contributed by atoms with Gasteiger partial charge < -0.3 is 0 Å². The Bertz CT molecular complexity index is 961.